The van der Waals surface area contributed by atoms with Crippen molar-refractivity contribution < 1.29 is 37.0 Å². The van der Waals surface area contributed by atoms with Gasteiger partial charge in [-0.2, -0.15) is 13.2 Å². The summed E-state index contributed by atoms with van der Waals surface area (Å²) in [6.07, 6.45) is -4.53. The minimum atomic E-state index is -5.36. The number of halogens is 3. The minimum absolute atomic E-state index is 0.0465. The molecule has 1 heterocycles. The third-order valence-electron chi connectivity index (χ3n) is 7.03. The standard InChI is InChI=1S/C31H29F3N2O5/c1-20-26(27(37)22-14-8-5-9-15-22)30(31(32,33)34,29(39)36(20)18-10-13-21-11-6-4-7-12-21)35-28(38)23-16-17-24(40-2)25(19-23)41-3/h4-9,11-12,14-17,19H,10,13,18H2,1-3H3,(H,35,38). The van der Waals surface area contributed by atoms with Crippen LogP contribution >= 0.6 is 0 Å². The van der Waals surface area contributed by atoms with E-state index in [1.54, 1.807) is 6.07 Å². The Hall–Kier alpha value is -4.60. The molecule has 0 spiro atoms. The van der Waals surface area contributed by atoms with Crippen molar-refractivity contribution in [1.82, 2.24) is 10.2 Å². The summed E-state index contributed by atoms with van der Waals surface area (Å²) in [5.41, 5.74) is -3.93. The smallest absolute Gasteiger partial charge is 0.425 e. The molecule has 214 valence electrons. The van der Waals surface area contributed by atoms with E-state index >= 15 is 13.2 Å². The largest absolute Gasteiger partial charge is 0.493 e. The maximum absolute atomic E-state index is 15.2. The Balaban J connectivity index is 1.78. The number of hydrogen-bond acceptors (Lipinski definition) is 5. The Labute approximate surface area is 235 Å². The normalized spacial score (nSPS) is 17.0. The SMILES string of the molecule is COc1ccc(C(=O)NC2(C(F)(F)F)C(=O)N(CCCc3ccccc3)C(C)=C2C(=O)c2ccccc2)cc1OC. The molecule has 3 aromatic carbocycles. The summed E-state index contributed by atoms with van der Waals surface area (Å²) in [5, 5.41) is 1.93. The van der Waals surface area contributed by atoms with Gasteiger partial charge in [0.25, 0.3) is 11.8 Å². The number of nitrogens with one attached hydrogen (secondary N) is 1. The van der Waals surface area contributed by atoms with Gasteiger partial charge in [-0.15, -0.1) is 0 Å². The van der Waals surface area contributed by atoms with Gasteiger partial charge in [0.1, 0.15) is 0 Å². The fourth-order valence-corrected chi connectivity index (χ4v) is 4.96. The van der Waals surface area contributed by atoms with Crippen LogP contribution in [0.5, 0.6) is 11.5 Å². The summed E-state index contributed by atoms with van der Waals surface area (Å²) in [6.45, 7) is 1.21. The predicted octanol–water partition coefficient (Wildman–Crippen LogP) is 5.37. The van der Waals surface area contributed by atoms with Crippen LogP contribution in [0.25, 0.3) is 0 Å². The molecule has 7 nitrogen and oxygen atoms in total. The van der Waals surface area contributed by atoms with Crippen molar-refractivity contribution >= 4 is 17.6 Å². The molecule has 0 fully saturated rings. The maximum atomic E-state index is 15.2. The van der Waals surface area contributed by atoms with Gasteiger partial charge in [-0.25, -0.2) is 0 Å². The van der Waals surface area contributed by atoms with Gasteiger partial charge in [0.2, 0.25) is 5.54 Å². The number of ketones is 1. The number of amides is 2. The lowest BCUT2D eigenvalue weighted by Crippen LogP contribution is -2.66. The van der Waals surface area contributed by atoms with E-state index in [1.807, 2.05) is 35.6 Å². The Bertz CT molecular complexity index is 1470. The molecular weight excluding hydrogens is 537 g/mol. The van der Waals surface area contributed by atoms with E-state index < -0.39 is 34.9 Å². The number of aryl methyl sites for hydroxylation is 1. The molecule has 2 amide bonds. The predicted molar refractivity (Wildman–Crippen MR) is 146 cm³/mol. The number of ether oxygens (including phenoxy) is 2. The average molecular weight is 567 g/mol. The van der Waals surface area contributed by atoms with Gasteiger partial charge >= 0.3 is 6.18 Å². The molecule has 4 rings (SSSR count). The molecule has 0 saturated carbocycles. The van der Waals surface area contributed by atoms with Crippen LogP contribution in [0.3, 0.4) is 0 Å². The van der Waals surface area contributed by atoms with Crippen LogP contribution in [-0.2, 0) is 11.2 Å². The van der Waals surface area contributed by atoms with E-state index in [0.29, 0.717) is 12.8 Å². The van der Waals surface area contributed by atoms with Crippen molar-refractivity contribution in [2.45, 2.75) is 31.5 Å². The van der Waals surface area contributed by atoms with Crippen molar-refractivity contribution in [3.8, 4) is 11.5 Å². The second kappa shape index (κ2) is 11.9. The molecule has 1 unspecified atom stereocenters. The first kappa shape index (κ1) is 29.4. The van der Waals surface area contributed by atoms with Gasteiger partial charge in [-0.05, 0) is 43.5 Å². The van der Waals surface area contributed by atoms with Crippen molar-refractivity contribution in [3.05, 3.63) is 107 Å². The number of carbonyl (C=O) groups excluding carboxylic acids is 3. The number of nitrogens with zero attached hydrogens (tertiary/aromatic N) is 1. The zero-order chi connectivity index (χ0) is 29.8. The maximum Gasteiger partial charge on any atom is 0.425 e. The lowest BCUT2D eigenvalue weighted by molar-refractivity contribution is -0.189. The third-order valence-corrected chi connectivity index (χ3v) is 7.03. The lowest BCUT2D eigenvalue weighted by Gasteiger charge is -2.33. The fourth-order valence-electron chi connectivity index (χ4n) is 4.96. The molecule has 1 aliphatic heterocycles. The molecule has 0 saturated heterocycles. The van der Waals surface area contributed by atoms with Crippen LogP contribution in [-0.4, -0.2) is 55.0 Å². The van der Waals surface area contributed by atoms with Gasteiger partial charge in [0, 0.05) is 23.4 Å². The zero-order valence-corrected chi connectivity index (χ0v) is 22.7. The van der Waals surface area contributed by atoms with E-state index in [-0.39, 0.29) is 34.9 Å². The van der Waals surface area contributed by atoms with E-state index in [0.717, 1.165) is 10.5 Å². The number of methoxy groups -OCH3 is 2. The first-order valence-electron chi connectivity index (χ1n) is 12.8. The summed E-state index contributed by atoms with van der Waals surface area (Å²) < 4.78 is 55.8. The number of alkyl halides is 3. The highest BCUT2D eigenvalue weighted by molar-refractivity contribution is 6.19. The van der Waals surface area contributed by atoms with Crippen LogP contribution in [0.4, 0.5) is 13.2 Å². The molecular formula is C31H29F3N2O5. The minimum Gasteiger partial charge on any atom is -0.493 e. The van der Waals surface area contributed by atoms with Crippen LogP contribution in [0.1, 0.15) is 39.6 Å². The Kier molecular flexibility index (Phi) is 8.51. The van der Waals surface area contributed by atoms with Crippen LogP contribution < -0.4 is 14.8 Å². The summed E-state index contributed by atoms with van der Waals surface area (Å²) in [7, 11) is 2.68. The van der Waals surface area contributed by atoms with Crippen molar-refractivity contribution in [2.75, 3.05) is 20.8 Å². The molecule has 3 aromatic rings. The van der Waals surface area contributed by atoms with E-state index in [2.05, 4.69) is 0 Å². The number of Topliss-reactive ketones (excluding diaryl/α,β-unsaturated/α-hetero) is 1. The van der Waals surface area contributed by atoms with E-state index in [1.165, 1.54) is 63.6 Å². The van der Waals surface area contributed by atoms with Gasteiger partial charge < -0.3 is 19.7 Å². The molecule has 1 aliphatic rings. The van der Waals surface area contributed by atoms with E-state index in [4.69, 9.17) is 9.47 Å². The lowest BCUT2D eigenvalue weighted by atomic mass is 9.84. The molecule has 0 aromatic heterocycles. The molecule has 41 heavy (non-hydrogen) atoms. The summed E-state index contributed by atoms with van der Waals surface area (Å²) in [5.74, 6) is -3.30. The zero-order valence-electron chi connectivity index (χ0n) is 22.7. The second-order valence-electron chi connectivity index (χ2n) is 9.47. The molecule has 0 bridgehead atoms. The Morgan fingerprint density at radius 1 is 0.878 bits per heavy atom. The number of hydrogen-bond donors (Lipinski definition) is 1. The quantitative estimate of drug-likeness (QED) is 0.334. The first-order valence-corrected chi connectivity index (χ1v) is 12.8. The van der Waals surface area contributed by atoms with Crippen LogP contribution in [0, 0.1) is 0 Å². The highest BCUT2D eigenvalue weighted by Crippen LogP contribution is 2.46. The molecule has 0 aliphatic carbocycles. The highest BCUT2D eigenvalue weighted by atomic mass is 19.4. The molecule has 0 radical (unpaired) electrons. The Morgan fingerprint density at radius 3 is 2.07 bits per heavy atom. The van der Waals surface area contributed by atoms with Crippen molar-refractivity contribution in [3.63, 3.8) is 0 Å². The van der Waals surface area contributed by atoms with Gasteiger partial charge in [0.05, 0.1) is 19.8 Å². The summed E-state index contributed by atoms with van der Waals surface area (Å²) >= 11 is 0. The van der Waals surface area contributed by atoms with Crippen molar-refractivity contribution in [1.29, 1.82) is 0 Å². The number of benzene rings is 3. The highest BCUT2D eigenvalue weighted by Gasteiger charge is 2.70. The van der Waals surface area contributed by atoms with E-state index in [9.17, 15) is 14.4 Å². The molecule has 1 N–H and O–H groups in total. The summed E-state index contributed by atoms with van der Waals surface area (Å²) in [4.78, 5) is 41.8. The average Bonchev–Trinajstić information content (AvgIpc) is 3.19. The number of rotatable bonds is 10. The van der Waals surface area contributed by atoms with Crippen LogP contribution in [0.15, 0.2) is 90.1 Å². The molecule has 1 atom stereocenters. The van der Waals surface area contributed by atoms with Crippen LogP contribution in [0.2, 0.25) is 0 Å². The second-order valence-corrected chi connectivity index (χ2v) is 9.47. The monoisotopic (exact) mass is 566 g/mol. The number of carbonyl (C=O) groups is 3. The topological polar surface area (TPSA) is 84.9 Å². The Morgan fingerprint density at radius 2 is 1.49 bits per heavy atom. The van der Waals surface area contributed by atoms with Crippen molar-refractivity contribution in [2.24, 2.45) is 0 Å². The third kappa shape index (κ3) is 5.54. The van der Waals surface area contributed by atoms with Gasteiger partial charge in [-0.1, -0.05) is 60.7 Å². The fraction of sp³-hybridized carbons (Fsp3) is 0.258. The first-order chi connectivity index (χ1) is 19.5. The van der Waals surface area contributed by atoms with Gasteiger partial charge in [0.15, 0.2) is 17.3 Å². The van der Waals surface area contributed by atoms with Gasteiger partial charge in [-0.3, -0.25) is 14.4 Å². The number of allylic oxidation sites excluding steroid dienone is 1. The molecule has 10 heteroatoms. The summed E-state index contributed by atoms with van der Waals surface area (Å²) in [6, 6.07) is 20.5.